The van der Waals surface area contributed by atoms with Gasteiger partial charge >= 0.3 is 0 Å². The van der Waals surface area contributed by atoms with Crippen molar-refractivity contribution in [1.82, 2.24) is 10.3 Å². The minimum Gasteiger partial charge on any atom is -0.366 e. The van der Waals surface area contributed by atoms with Crippen LogP contribution >= 0.6 is 11.6 Å². The monoisotopic (exact) mass is 289 g/mol. The van der Waals surface area contributed by atoms with Gasteiger partial charge in [-0.05, 0) is 49.4 Å². The molecule has 1 aliphatic carbocycles. The van der Waals surface area contributed by atoms with Crippen LogP contribution in [-0.2, 0) is 0 Å². The maximum atomic E-state index is 6.43. The van der Waals surface area contributed by atoms with Crippen LogP contribution in [0.1, 0.15) is 36.0 Å². The van der Waals surface area contributed by atoms with Crippen molar-refractivity contribution in [1.29, 1.82) is 0 Å². The van der Waals surface area contributed by atoms with Crippen molar-refractivity contribution in [3.8, 4) is 0 Å². The molecule has 4 heteroatoms. The Balaban J connectivity index is 1.98. The number of nitrogens with zero attached hydrogens (tertiary/aromatic N) is 1. The summed E-state index contributed by atoms with van der Waals surface area (Å²) in [5.74, 6) is 0.890. The van der Waals surface area contributed by atoms with Crippen LogP contribution in [0.5, 0.6) is 0 Å². The van der Waals surface area contributed by atoms with Gasteiger partial charge in [-0.1, -0.05) is 24.3 Å². The van der Waals surface area contributed by atoms with Crippen LogP contribution < -0.4 is 10.6 Å². The third-order valence-corrected chi connectivity index (χ3v) is 4.37. The number of nitrogens with one attached hydrogen (secondary N) is 2. The van der Waals surface area contributed by atoms with Gasteiger partial charge in [-0.2, -0.15) is 0 Å². The SMILES string of the molecule is C=C1CC=C(Cl)c2c(N[C@@H]3CCCNC3)ncc(C)c21. The van der Waals surface area contributed by atoms with E-state index in [1.165, 1.54) is 18.4 Å². The first-order valence-electron chi connectivity index (χ1n) is 7.18. The molecule has 0 bridgehead atoms. The van der Waals surface area contributed by atoms with Gasteiger partial charge in [0.2, 0.25) is 0 Å². The molecule has 0 saturated carbocycles. The lowest BCUT2D eigenvalue weighted by Gasteiger charge is -2.27. The van der Waals surface area contributed by atoms with Crippen LogP contribution in [0.15, 0.2) is 18.9 Å². The van der Waals surface area contributed by atoms with E-state index in [1.54, 1.807) is 0 Å². The largest absolute Gasteiger partial charge is 0.366 e. The molecule has 1 fully saturated rings. The van der Waals surface area contributed by atoms with E-state index in [1.807, 2.05) is 12.3 Å². The Bertz CT molecular complexity index is 571. The fourth-order valence-electron chi connectivity index (χ4n) is 2.99. The van der Waals surface area contributed by atoms with E-state index in [2.05, 4.69) is 29.1 Å². The molecule has 1 aromatic heterocycles. The molecule has 0 spiro atoms. The second-order valence-corrected chi connectivity index (χ2v) is 5.99. The van der Waals surface area contributed by atoms with Crippen molar-refractivity contribution in [2.75, 3.05) is 18.4 Å². The van der Waals surface area contributed by atoms with Crippen LogP contribution in [-0.4, -0.2) is 24.1 Å². The quantitative estimate of drug-likeness (QED) is 0.874. The Morgan fingerprint density at radius 3 is 3.05 bits per heavy atom. The zero-order chi connectivity index (χ0) is 14.1. The summed E-state index contributed by atoms with van der Waals surface area (Å²) < 4.78 is 0. The molecule has 2 aliphatic rings. The van der Waals surface area contributed by atoms with Crippen molar-refractivity contribution in [3.05, 3.63) is 35.5 Å². The van der Waals surface area contributed by atoms with Gasteiger partial charge in [-0.15, -0.1) is 0 Å². The Kier molecular flexibility index (Phi) is 3.81. The van der Waals surface area contributed by atoms with Crippen LogP contribution in [0.2, 0.25) is 0 Å². The second-order valence-electron chi connectivity index (χ2n) is 5.59. The lowest BCUT2D eigenvalue weighted by atomic mass is 9.90. The first-order valence-corrected chi connectivity index (χ1v) is 7.55. The lowest BCUT2D eigenvalue weighted by molar-refractivity contribution is 0.479. The van der Waals surface area contributed by atoms with E-state index in [0.29, 0.717) is 6.04 Å². The molecule has 106 valence electrons. The van der Waals surface area contributed by atoms with Gasteiger partial charge in [0.25, 0.3) is 0 Å². The molecular formula is C16H20ClN3. The number of fused-ring (bicyclic) bond motifs is 1. The second kappa shape index (κ2) is 5.58. The van der Waals surface area contributed by atoms with E-state index in [0.717, 1.165) is 47.1 Å². The van der Waals surface area contributed by atoms with E-state index in [9.17, 15) is 0 Å². The highest BCUT2D eigenvalue weighted by atomic mass is 35.5. The van der Waals surface area contributed by atoms with Gasteiger partial charge in [0.15, 0.2) is 0 Å². The number of hydrogen-bond donors (Lipinski definition) is 2. The Hall–Kier alpha value is -1.32. The van der Waals surface area contributed by atoms with Gasteiger partial charge < -0.3 is 10.6 Å². The van der Waals surface area contributed by atoms with Crippen molar-refractivity contribution >= 4 is 28.0 Å². The number of pyridine rings is 1. The van der Waals surface area contributed by atoms with Gasteiger partial charge in [0, 0.05) is 29.4 Å². The van der Waals surface area contributed by atoms with Crippen molar-refractivity contribution in [2.45, 2.75) is 32.2 Å². The van der Waals surface area contributed by atoms with Gasteiger partial charge in [-0.25, -0.2) is 4.98 Å². The van der Waals surface area contributed by atoms with Gasteiger partial charge in [0.05, 0.1) is 0 Å². The van der Waals surface area contributed by atoms with Gasteiger partial charge in [-0.3, -0.25) is 0 Å². The molecule has 0 amide bonds. The van der Waals surface area contributed by atoms with E-state index in [-0.39, 0.29) is 0 Å². The van der Waals surface area contributed by atoms with Crippen LogP contribution in [0.3, 0.4) is 0 Å². The van der Waals surface area contributed by atoms with E-state index in [4.69, 9.17) is 11.6 Å². The Morgan fingerprint density at radius 1 is 1.45 bits per heavy atom. The number of aromatic nitrogens is 1. The summed E-state index contributed by atoms with van der Waals surface area (Å²) >= 11 is 6.43. The van der Waals surface area contributed by atoms with Crippen molar-refractivity contribution in [2.24, 2.45) is 0 Å². The van der Waals surface area contributed by atoms with E-state index >= 15 is 0 Å². The maximum absolute atomic E-state index is 6.43. The van der Waals surface area contributed by atoms with Gasteiger partial charge in [0.1, 0.15) is 5.82 Å². The molecule has 2 heterocycles. The molecule has 2 N–H and O–H groups in total. The average molecular weight is 290 g/mol. The number of hydrogen-bond acceptors (Lipinski definition) is 3. The topological polar surface area (TPSA) is 37.0 Å². The third-order valence-electron chi connectivity index (χ3n) is 4.03. The highest BCUT2D eigenvalue weighted by molar-refractivity contribution is 6.50. The first-order chi connectivity index (χ1) is 9.66. The fourth-order valence-corrected chi connectivity index (χ4v) is 3.25. The maximum Gasteiger partial charge on any atom is 0.135 e. The highest BCUT2D eigenvalue weighted by Crippen LogP contribution is 2.40. The molecule has 0 radical (unpaired) electrons. The van der Waals surface area contributed by atoms with Crippen LogP contribution in [0, 0.1) is 6.92 Å². The normalized spacial score (nSPS) is 22.2. The average Bonchev–Trinajstić information content (AvgIpc) is 2.46. The fraction of sp³-hybridized carbons (Fsp3) is 0.438. The van der Waals surface area contributed by atoms with E-state index < -0.39 is 0 Å². The highest BCUT2D eigenvalue weighted by Gasteiger charge is 2.23. The van der Waals surface area contributed by atoms with Crippen LogP contribution in [0.4, 0.5) is 5.82 Å². The summed E-state index contributed by atoms with van der Waals surface area (Å²) in [7, 11) is 0. The summed E-state index contributed by atoms with van der Waals surface area (Å²) in [5, 5.41) is 7.75. The number of halogens is 1. The number of piperidine rings is 1. The van der Waals surface area contributed by atoms with Crippen LogP contribution in [0.25, 0.3) is 10.6 Å². The zero-order valence-corrected chi connectivity index (χ0v) is 12.6. The molecule has 0 aromatic carbocycles. The molecular weight excluding hydrogens is 270 g/mol. The van der Waals surface area contributed by atoms with Crippen molar-refractivity contribution in [3.63, 3.8) is 0 Å². The molecule has 20 heavy (non-hydrogen) atoms. The summed E-state index contributed by atoms with van der Waals surface area (Å²) in [6.45, 7) is 8.32. The molecule has 1 aromatic rings. The minimum atomic E-state index is 0.419. The standard InChI is InChI=1S/C16H20ClN3/c1-10-5-6-13(17)15-14(10)11(2)8-19-16(15)20-12-4-3-7-18-9-12/h6,8,12,18H,1,3-5,7,9H2,2H3,(H,19,20)/t12-/m1/s1. The smallest absolute Gasteiger partial charge is 0.135 e. The number of rotatable bonds is 2. The Labute approximate surface area is 125 Å². The number of allylic oxidation sites excluding steroid dienone is 2. The molecule has 0 unspecified atom stereocenters. The first kappa shape index (κ1) is 13.7. The summed E-state index contributed by atoms with van der Waals surface area (Å²) in [5.41, 5.74) is 4.45. The minimum absolute atomic E-state index is 0.419. The zero-order valence-electron chi connectivity index (χ0n) is 11.8. The molecule has 1 saturated heterocycles. The summed E-state index contributed by atoms with van der Waals surface area (Å²) in [6.07, 6.45) is 7.12. The summed E-state index contributed by atoms with van der Waals surface area (Å²) in [4.78, 5) is 4.57. The number of anilines is 1. The molecule has 1 aliphatic heterocycles. The van der Waals surface area contributed by atoms with Crippen molar-refractivity contribution < 1.29 is 0 Å². The predicted molar refractivity (Wildman–Crippen MR) is 86.0 cm³/mol. The molecule has 3 rings (SSSR count). The summed E-state index contributed by atoms with van der Waals surface area (Å²) in [6, 6.07) is 0.419. The molecule has 1 atom stereocenters. The number of aryl methyl sites for hydroxylation is 1. The Morgan fingerprint density at radius 2 is 2.30 bits per heavy atom. The lowest BCUT2D eigenvalue weighted by Crippen LogP contribution is -2.38. The predicted octanol–water partition coefficient (Wildman–Crippen LogP) is 3.55. The molecule has 3 nitrogen and oxygen atoms in total. The third kappa shape index (κ3) is 2.48.